The van der Waals surface area contributed by atoms with Crippen LogP contribution in [0.5, 0.6) is 0 Å². The summed E-state index contributed by atoms with van der Waals surface area (Å²) in [7, 11) is -3.51. The van der Waals surface area contributed by atoms with Gasteiger partial charge in [-0.3, -0.25) is 14.1 Å². The molecule has 4 aromatic rings. The predicted octanol–water partition coefficient (Wildman–Crippen LogP) is 4.46. The lowest BCUT2D eigenvalue weighted by atomic mass is 10.0. The molecule has 1 aromatic heterocycles. The normalized spacial score (nSPS) is 15.0. The van der Waals surface area contributed by atoms with Crippen molar-refractivity contribution < 1.29 is 13.2 Å². The number of amides is 1. The molecule has 9 heteroatoms. The summed E-state index contributed by atoms with van der Waals surface area (Å²) in [5.41, 5.74) is 3.00. The van der Waals surface area contributed by atoms with Crippen molar-refractivity contribution in [3.63, 3.8) is 0 Å². The number of hydrogen-bond donors (Lipinski definition) is 2. The van der Waals surface area contributed by atoms with E-state index in [0.29, 0.717) is 35.1 Å². The number of aromatic nitrogens is 1. The first kappa shape index (κ1) is 21.4. The standard InChI is InChI=1S/C24H19ClN4O3S/c25-19-13-18(23-22-4-2-1-3-16(22)9-10-26-23)14-20(15-19)28-24(30)17-5-7-21(8-6-17)29-12-11-27-33(29,31)32/h1-10,13-15,27H,11-12H2,(H,28,30). The van der Waals surface area contributed by atoms with Crippen LogP contribution in [0.3, 0.4) is 0 Å². The molecular weight excluding hydrogens is 460 g/mol. The number of halogens is 1. The summed E-state index contributed by atoms with van der Waals surface area (Å²) < 4.78 is 27.7. The minimum Gasteiger partial charge on any atom is -0.322 e. The fraction of sp³-hybridized carbons (Fsp3) is 0.0833. The van der Waals surface area contributed by atoms with E-state index < -0.39 is 10.2 Å². The maximum absolute atomic E-state index is 12.8. The third kappa shape index (κ3) is 4.28. The molecule has 1 aliphatic rings. The van der Waals surface area contributed by atoms with Gasteiger partial charge in [-0.1, -0.05) is 35.9 Å². The SMILES string of the molecule is O=C(Nc1cc(Cl)cc(-c2nccc3ccccc23)c1)c1ccc(N2CCNS2(=O)=O)cc1. The minimum absolute atomic E-state index is 0.331. The highest BCUT2D eigenvalue weighted by Gasteiger charge is 2.27. The monoisotopic (exact) mass is 478 g/mol. The van der Waals surface area contributed by atoms with E-state index in [1.165, 1.54) is 4.31 Å². The van der Waals surface area contributed by atoms with Crippen LogP contribution in [0.15, 0.2) is 79.0 Å². The number of nitrogens with one attached hydrogen (secondary N) is 2. The van der Waals surface area contributed by atoms with Gasteiger partial charge in [0, 0.05) is 46.5 Å². The second-order valence-corrected chi connectivity index (χ2v) is 9.70. The molecule has 1 aliphatic heterocycles. The summed E-state index contributed by atoms with van der Waals surface area (Å²) in [6.45, 7) is 0.703. The molecule has 0 bridgehead atoms. The number of benzene rings is 3. The first-order valence-electron chi connectivity index (χ1n) is 10.2. The topological polar surface area (TPSA) is 91.4 Å². The van der Waals surface area contributed by atoms with Crippen molar-refractivity contribution in [1.82, 2.24) is 9.71 Å². The molecule has 1 amide bonds. The summed E-state index contributed by atoms with van der Waals surface area (Å²) in [5.74, 6) is -0.331. The molecule has 7 nitrogen and oxygen atoms in total. The van der Waals surface area contributed by atoms with Crippen LogP contribution < -0.4 is 14.3 Å². The first-order chi connectivity index (χ1) is 15.9. The number of carbonyl (C=O) groups is 1. The van der Waals surface area contributed by atoms with Crippen LogP contribution in [0.25, 0.3) is 22.0 Å². The number of nitrogens with zero attached hydrogens (tertiary/aromatic N) is 2. The lowest BCUT2D eigenvalue weighted by Crippen LogP contribution is -2.29. The Morgan fingerprint density at radius 2 is 1.82 bits per heavy atom. The molecule has 0 spiro atoms. The van der Waals surface area contributed by atoms with E-state index in [1.54, 1.807) is 36.5 Å². The van der Waals surface area contributed by atoms with Crippen molar-refractivity contribution in [2.75, 3.05) is 22.7 Å². The second-order valence-electron chi connectivity index (χ2n) is 7.58. The van der Waals surface area contributed by atoms with E-state index in [4.69, 9.17) is 11.6 Å². The largest absolute Gasteiger partial charge is 0.322 e. The van der Waals surface area contributed by atoms with Gasteiger partial charge in [0.2, 0.25) is 0 Å². The van der Waals surface area contributed by atoms with E-state index in [1.807, 2.05) is 42.5 Å². The van der Waals surface area contributed by atoms with E-state index in [0.717, 1.165) is 22.0 Å². The van der Waals surface area contributed by atoms with Crippen LogP contribution in [0.1, 0.15) is 10.4 Å². The predicted molar refractivity (Wildman–Crippen MR) is 131 cm³/mol. The van der Waals surface area contributed by atoms with Gasteiger partial charge in [0.05, 0.1) is 11.4 Å². The molecule has 0 saturated carbocycles. The van der Waals surface area contributed by atoms with Crippen LogP contribution >= 0.6 is 11.6 Å². The molecule has 2 N–H and O–H groups in total. The summed E-state index contributed by atoms with van der Waals surface area (Å²) in [4.78, 5) is 17.4. The van der Waals surface area contributed by atoms with Gasteiger partial charge in [-0.05, 0) is 53.9 Å². The van der Waals surface area contributed by atoms with Crippen LogP contribution in [0.2, 0.25) is 5.02 Å². The smallest absolute Gasteiger partial charge is 0.301 e. The van der Waals surface area contributed by atoms with Crippen LogP contribution in [-0.4, -0.2) is 32.4 Å². The Hall–Kier alpha value is -3.46. The fourth-order valence-corrected chi connectivity index (χ4v) is 5.34. The van der Waals surface area contributed by atoms with Crippen molar-refractivity contribution in [3.05, 3.63) is 89.6 Å². The lowest BCUT2D eigenvalue weighted by Gasteiger charge is -2.16. The molecule has 5 rings (SSSR count). The molecule has 166 valence electrons. The highest BCUT2D eigenvalue weighted by molar-refractivity contribution is 7.91. The zero-order valence-electron chi connectivity index (χ0n) is 17.3. The van der Waals surface area contributed by atoms with E-state index in [2.05, 4.69) is 15.0 Å². The van der Waals surface area contributed by atoms with E-state index >= 15 is 0 Å². The second kappa shape index (κ2) is 8.47. The van der Waals surface area contributed by atoms with E-state index in [9.17, 15) is 13.2 Å². The number of pyridine rings is 1. The maximum atomic E-state index is 12.8. The van der Waals surface area contributed by atoms with Crippen molar-refractivity contribution in [1.29, 1.82) is 0 Å². The van der Waals surface area contributed by atoms with Crippen molar-refractivity contribution in [3.8, 4) is 11.3 Å². The Balaban J connectivity index is 1.41. The van der Waals surface area contributed by atoms with Gasteiger partial charge >= 0.3 is 10.2 Å². The minimum atomic E-state index is -3.51. The number of anilines is 2. The van der Waals surface area contributed by atoms with E-state index in [-0.39, 0.29) is 5.91 Å². The molecule has 0 radical (unpaired) electrons. The maximum Gasteiger partial charge on any atom is 0.301 e. The summed E-state index contributed by atoms with van der Waals surface area (Å²) in [6, 6.07) is 21.6. The fourth-order valence-electron chi connectivity index (χ4n) is 3.87. The van der Waals surface area contributed by atoms with Gasteiger partial charge in [0.25, 0.3) is 5.91 Å². The molecule has 0 aliphatic carbocycles. The number of carbonyl (C=O) groups excluding carboxylic acids is 1. The highest BCUT2D eigenvalue weighted by atomic mass is 35.5. The van der Waals surface area contributed by atoms with Gasteiger partial charge in [0.1, 0.15) is 0 Å². The quantitative estimate of drug-likeness (QED) is 0.453. The van der Waals surface area contributed by atoms with Crippen molar-refractivity contribution in [2.24, 2.45) is 0 Å². The van der Waals surface area contributed by atoms with Gasteiger partial charge in [-0.2, -0.15) is 13.1 Å². The molecule has 3 aromatic carbocycles. The summed E-state index contributed by atoms with van der Waals surface area (Å²) in [6.07, 6.45) is 1.74. The molecule has 0 atom stereocenters. The highest BCUT2D eigenvalue weighted by Crippen LogP contribution is 2.31. The van der Waals surface area contributed by atoms with Gasteiger partial charge in [-0.15, -0.1) is 0 Å². The lowest BCUT2D eigenvalue weighted by molar-refractivity contribution is 0.102. The zero-order chi connectivity index (χ0) is 23.0. The zero-order valence-corrected chi connectivity index (χ0v) is 18.9. The van der Waals surface area contributed by atoms with Crippen LogP contribution in [-0.2, 0) is 10.2 Å². The Morgan fingerprint density at radius 1 is 1.03 bits per heavy atom. The van der Waals surface area contributed by atoms with Gasteiger partial charge in [0.15, 0.2) is 0 Å². The first-order valence-corrected chi connectivity index (χ1v) is 12.1. The Kier molecular flexibility index (Phi) is 5.49. The molecule has 1 saturated heterocycles. The molecule has 0 unspecified atom stereocenters. The number of rotatable bonds is 4. The summed E-state index contributed by atoms with van der Waals surface area (Å²) >= 11 is 6.35. The number of hydrogen-bond acceptors (Lipinski definition) is 4. The Labute approximate surface area is 196 Å². The third-order valence-electron chi connectivity index (χ3n) is 5.41. The van der Waals surface area contributed by atoms with Crippen LogP contribution in [0, 0.1) is 0 Å². The number of fused-ring (bicyclic) bond motifs is 1. The van der Waals surface area contributed by atoms with Crippen molar-refractivity contribution >= 4 is 49.9 Å². The molecule has 33 heavy (non-hydrogen) atoms. The molecule has 1 fully saturated rings. The van der Waals surface area contributed by atoms with Crippen LogP contribution in [0.4, 0.5) is 11.4 Å². The van der Waals surface area contributed by atoms with Gasteiger partial charge in [-0.25, -0.2) is 0 Å². The summed E-state index contributed by atoms with van der Waals surface area (Å²) in [5, 5.41) is 5.39. The molecule has 2 heterocycles. The molecular formula is C24H19ClN4O3S. The Bertz CT molecular complexity index is 1470. The average Bonchev–Trinajstić information content (AvgIpc) is 3.17. The van der Waals surface area contributed by atoms with Crippen molar-refractivity contribution in [2.45, 2.75) is 0 Å². The van der Waals surface area contributed by atoms with Gasteiger partial charge < -0.3 is 5.32 Å². The Morgan fingerprint density at radius 3 is 2.58 bits per heavy atom. The average molecular weight is 479 g/mol. The third-order valence-corrected chi connectivity index (χ3v) is 7.17.